The van der Waals surface area contributed by atoms with Crippen molar-refractivity contribution in [3.63, 3.8) is 0 Å². The van der Waals surface area contributed by atoms with Crippen molar-refractivity contribution in [2.45, 2.75) is 6.10 Å². The zero-order valence-corrected chi connectivity index (χ0v) is 16.9. The van der Waals surface area contributed by atoms with Gasteiger partial charge in [0.25, 0.3) is 5.17 Å². The number of carboxylic acid groups (broad SMARTS) is 1. The molecule has 1 aliphatic heterocycles. The van der Waals surface area contributed by atoms with Gasteiger partial charge in [-0.3, -0.25) is 0 Å². The SMILES string of the molecule is O=C(O)c1cccc(N2CC(OC(=S)Nc3ccc(Cl)cc3)C2)c1-n1cccc1. The van der Waals surface area contributed by atoms with Crippen LogP contribution in [0.25, 0.3) is 5.69 Å². The van der Waals surface area contributed by atoms with Gasteiger partial charge in [0.1, 0.15) is 6.10 Å². The number of anilines is 2. The quantitative estimate of drug-likeness (QED) is 0.587. The molecule has 2 N–H and O–H groups in total. The van der Waals surface area contributed by atoms with Crippen molar-refractivity contribution in [2.75, 3.05) is 23.3 Å². The lowest BCUT2D eigenvalue weighted by atomic mass is 10.1. The number of thiocarbonyl (C=S) groups is 1. The van der Waals surface area contributed by atoms with E-state index in [0.29, 0.717) is 29.0 Å². The fourth-order valence-electron chi connectivity index (χ4n) is 3.26. The van der Waals surface area contributed by atoms with Crippen LogP contribution in [0.1, 0.15) is 10.4 Å². The fourth-order valence-corrected chi connectivity index (χ4v) is 3.64. The van der Waals surface area contributed by atoms with E-state index in [1.54, 1.807) is 24.3 Å². The maximum Gasteiger partial charge on any atom is 0.337 e. The molecular weight excluding hydrogens is 410 g/mol. The Kier molecular flexibility index (Phi) is 5.42. The molecule has 0 bridgehead atoms. The molecule has 1 fully saturated rings. The lowest BCUT2D eigenvalue weighted by molar-refractivity contribution is 0.0697. The van der Waals surface area contributed by atoms with Gasteiger partial charge in [0.05, 0.1) is 30.0 Å². The largest absolute Gasteiger partial charge is 0.478 e. The number of ether oxygens (including phenoxy) is 1. The van der Waals surface area contributed by atoms with Crippen molar-refractivity contribution in [3.05, 3.63) is 77.6 Å². The molecule has 4 rings (SSSR count). The highest BCUT2D eigenvalue weighted by atomic mass is 35.5. The second-order valence-corrected chi connectivity index (χ2v) is 7.44. The molecule has 6 nitrogen and oxygen atoms in total. The van der Waals surface area contributed by atoms with Gasteiger partial charge in [0, 0.05) is 23.1 Å². The maximum atomic E-state index is 11.7. The minimum atomic E-state index is -0.961. The van der Waals surface area contributed by atoms with E-state index in [1.165, 1.54) is 0 Å². The Hall–Kier alpha value is -3.03. The molecule has 0 aliphatic carbocycles. The molecule has 1 aliphatic rings. The van der Waals surface area contributed by atoms with E-state index < -0.39 is 5.97 Å². The van der Waals surface area contributed by atoms with Crippen LogP contribution < -0.4 is 10.2 Å². The minimum absolute atomic E-state index is 0.0757. The summed E-state index contributed by atoms with van der Waals surface area (Å²) in [5.41, 5.74) is 2.55. The maximum absolute atomic E-state index is 11.7. The lowest BCUT2D eigenvalue weighted by Crippen LogP contribution is -2.53. The molecular formula is C21H18ClN3O3S. The van der Waals surface area contributed by atoms with Crippen LogP contribution in [0.15, 0.2) is 67.0 Å². The van der Waals surface area contributed by atoms with Crippen LogP contribution in [0.3, 0.4) is 0 Å². The smallest absolute Gasteiger partial charge is 0.337 e. The molecule has 0 unspecified atom stereocenters. The standard InChI is InChI=1S/C21H18ClN3O3S/c22-14-6-8-15(9-7-14)23-21(29)28-16-12-25(13-16)18-5-3-4-17(20(26)27)19(18)24-10-1-2-11-24/h1-11,16H,12-13H2,(H,23,29)(H,26,27). The first-order chi connectivity index (χ1) is 14.0. The molecule has 2 aromatic carbocycles. The van der Waals surface area contributed by atoms with Crippen LogP contribution in [0.2, 0.25) is 5.02 Å². The van der Waals surface area contributed by atoms with Crippen molar-refractivity contribution < 1.29 is 14.6 Å². The molecule has 29 heavy (non-hydrogen) atoms. The predicted molar refractivity (Wildman–Crippen MR) is 117 cm³/mol. The molecule has 8 heteroatoms. The van der Waals surface area contributed by atoms with E-state index >= 15 is 0 Å². The second-order valence-electron chi connectivity index (χ2n) is 6.63. The van der Waals surface area contributed by atoms with E-state index in [1.807, 2.05) is 47.3 Å². The van der Waals surface area contributed by atoms with Gasteiger partial charge in [-0.25, -0.2) is 4.79 Å². The van der Waals surface area contributed by atoms with E-state index in [0.717, 1.165) is 11.4 Å². The summed E-state index contributed by atoms with van der Waals surface area (Å²) in [6, 6.07) is 16.2. The van der Waals surface area contributed by atoms with Crippen LogP contribution in [-0.2, 0) is 4.74 Å². The summed E-state index contributed by atoms with van der Waals surface area (Å²) in [5, 5.41) is 13.6. The third-order valence-electron chi connectivity index (χ3n) is 4.66. The number of aromatic nitrogens is 1. The van der Waals surface area contributed by atoms with E-state index in [9.17, 15) is 9.90 Å². The van der Waals surface area contributed by atoms with Gasteiger partial charge >= 0.3 is 5.97 Å². The molecule has 0 atom stereocenters. The minimum Gasteiger partial charge on any atom is -0.478 e. The Labute approximate surface area is 178 Å². The van der Waals surface area contributed by atoms with E-state index in [2.05, 4.69) is 10.2 Å². The monoisotopic (exact) mass is 427 g/mol. The van der Waals surface area contributed by atoms with Crippen molar-refractivity contribution in [3.8, 4) is 5.69 Å². The number of benzene rings is 2. The topological polar surface area (TPSA) is 66.7 Å². The van der Waals surface area contributed by atoms with Crippen LogP contribution in [0, 0.1) is 0 Å². The molecule has 0 radical (unpaired) electrons. The van der Waals surface area contributed by atoms with Crippen molar-refractivity contribution >= 4 is 46.3 Å². The normalized spacial score (nSPS) is 13.6. The Morgan fingerprint density at radius 3 is 2.45 bits per heavy atom. The Morgan fingerprint density at radius 1 is 1.10 bits per heavy atom. The number of carbonyl (C=O) groups is 1. The number of halogens is 1. The number of nitrogens with zero attached hydrogens (tertiary/aromatic N) is 2. The Morgan fingerprint density at radius 2 is 1.79 bits per heavy atom. The van der Waals surface area contributed by atoms with Gasteiger partial charge in [-0.05, 0) is 60.7 Å². The van der Waals surface area contributed by atoms with Crippen molar-refractivity contribution in [2.24, 2.45) is 0 Å². The van der Waals surface area contributed by atoms with Gasteiger partial charge in [-0.15, -0.1) is 0 Å². The molecule has 1 aromatic heterocycles. The van der Waals surface area contributed by atoms with Crippen LogP contribution >= 0.6 is 23.8 Å². The molecule has 0 amide bonds. The third kappa shape index (κ3) is 4.21. The highest BCUT2D eigenvalue weighted by Crippen LogP contribution is 2.32. The van der Waals surface area contributed by atoms with E-state index in [4.69, 9.17) is 28.6 Å². The molecule has 148 valence electrons. The van der Waals surface area contributed by atoms with Crippen molar-refractivity contribution in [1.29, 1.82) is 0 Å². The summed E-state index contributed by atoms with van der Waals surface area (Å²) in [5.74, 6) is -0.961. The predicted octanol–water partition coefficient (Wildman–Crippen LogP) is 4.43. The number of hydrogen-bond acceptors (Lipinski definition) is 4. The summed E-state index contributed by atoms with van der Waals surface area (Å²) in [4.78, 5) is 13.8. The van der Waals surface area contributed by atoms with Gasteiger partial charge in [0.15, 0.2) is 0 Å². The second kappa shape index (κ2) is 8.14. The third-order valence-corrected chi connectivity index (χ3v) is 5.11. The number of aromatic carboxylic acids is 1. The molecule has 0 spiro atoms. The molecule has 0 saturated carbocycles. The number of nitrogens with one attached hydrogen (secondary N) is 1. The number of para-hydroxylation sites is 1. The molecule has 2 heterocycles. The van der Waals surface area contributed by atoms with Gasteiger partial charge in [-0.1, -0.05) is 17.7 Å². The number of rotatable bonds is 5. The highest BCUT2D eigenvalue weighted by molar-refractivity contribution is 7.80. The van der Waals surface area contributed by atoms with Crippen LogP contribution in [0.5, 0.6) is 0 Å². The van der Waals surface area contributed by atoms with E-state index in [-0.39, 0.29) is 11.7 Å². The first kappa shape index (κ1) is 19.3. The zero-order valence-electron chi connectivity index (χ0n) is 15.3. The fraction of sp³-hybridized carbons (Fsp3) is 0.143. The lowest BCUT2D eigenvalue weighted by Gasteiger charge is -2.41. The average Bonchev–Trinajstić information content (AvgIpc) is 3.20. The Balaban J connectivity index is 1.43. The summed E-state index contributed by atoms with van der Waals surface area (Å²) in [6.07, 6.45) is 3.60. The van der Waals surface area contributed by atoms with Crippen LogP contribution in [-0.4, -0.2) is 40.0 Å². The number of carboxylic acids is 1. The van der Waals surface area contributed by atoms with Gasteiger partial charge in [0.2, 0.25) is 0 Å². The summed E-state index contributed by atoms with van der Waals surface area (Å²) >= 11 is 11.2. The zero-order chi connectivity index (χ0) is 20.4. The first-order valence-corrected chi connectivity index (χ1v) is 9.77. The molecule has 1 saturated heterocycles. The summed E-state index contributed by atoms with van der Waals surface area (Å²) in [6.45, 7) is 1.22. The average molecular weight is 428 g/mol. The van der Waals surface area contributed by atoms with Crippen LogP contribution in [0.4, 0.5) is 11.4 Å². The summed E-state index contributed by atoms with van der Waals surface area (Å²) in [7, 11) is 0. The highest BCUT2D eigenvalue weighted by Gasteiger charge is 2.32. The Bertz CT molecular complexity index is 1030. The van der Waals surface area contributed by atoms with Crippen molar-refractivity contribution in [1.82, 2.24) is 4.57 Å². The number of hydrogen-bond donors (Lipinski definition) is 2. The summed E-state index contributed by atoms with van der Waals surface area (Å²) < 4.78 is 7.62. The first-order valence-electron chi connectivity index (χ1n) is 8.99. The van der Waals surface area contributed by atoms with Gasteiger partial charge < -0.3 is 24.6 Å². The molecule has 3 aromatic rings. The van der Waals surface area contributed by atoms with Gasteiger partial charge in [-0.2, -0.15) is 0 Å².